The van der Waals surface area contributed by atoms with Crippen LogP contribution in [-0.4, -0.2) is 29.9 Å². The lowest BCUT2D eigenvalue weighted by molar-refractivity contribution is 0.101. The van der Waals surface area contributed by atoms with E-state index in [2.05, 4.69) is 11.8 Å². The van der Waals surface area contributed by atoms with Gasteiger partial charge in [-0.15, -0.1) is 0 Å². The van der Waals surface area contributed by atoms with Crippen molar-refractivity contribution in [3.8, 4) is 0 Å². The van der Waals surface area contributed by atoms with E-state index in [0.29, 0.717) is 16.4 Å². The number of aryl methyl sites for hydroxylation is 1. The van der Waals surface area contributed by atoms with E-state index in [4.69, 9.17) is 0 Å². The summed E-state index contributed by atoms with van der Waals surface area (Å²) >= 11 is 1.98. The molecule has 0 amide bonds. The molecule has 0 aliphatic carbocycles. The minimum atomic E-state index is -0.299. The highest BCUT2D eigenvalue weighted by Crippen LogP contribution is 2.30. The van der Waals surface area contributed by atoms with Gasteiger partial charge in [0.1, 0.15) is 5.82 Å². The average molecular weight is 281 g/mol. The number of Topliss-reactive ketones (excluding diaryl/α,β-unsaturated/α-hetero) is 1. The maximum atomic E-state index is 13.7. The first-order valence-electron chi connectivity index (χ1n) is 6.70. The van der Waals surface area contributed by atoms with Gasteiger partial charge in [0.15, 0.2) is 5.78 Å². The molecule has 4 heteroatoms. The van der Waals surface area contributed by atoms with Crippen molar-refractivity contribution in [1.29, 1.82) is 0 Å². The third-order valence-electron chi connectivity index (χ3n) is 3.59. The molecular formula is C15H20FNOS. The Morgan fingerprint density at radius 3 is 2.89 bits per heavy atom. The van der Waals surface area contributed by atoms with E-state index in [1.165, 1.54) is 13.0 Å². The Morgan fingerprint density at radius 2 is 2.26 bits per heavy atom. The van der Waals surface area contributed by atoms with Crippen LogP contribution >= 0.6 is 11.8 Å². The molecule has 0 N–H and O–H groups in total. The molecule has 1 aliphatic heterocycles. The van der Waals surface area contributed by atoms with Crippen LogP contribution in [0.25, 0.3) is 0 Å². The topological polar surface area (TPSA) is 20.3 Å². The quantitative estimate of drug-likeness (QED) is 0.789. The summed E-state index contributed by atoms with van der Waals surface area (Å²) in [6.07, 6.45) is 1.12. The van der Waals surface area contributed by atoms with Gasteiger partial charge in [0.25, 0.3) is 0 Å². The molecule has 1 saturated heterocycles. The molecule has 1 aromatic carbocycles. The molecule has 0 aromatic heterocycles. The smallest absolute Gasteiger partial charge is 0.161 e. The second-order valence-corrected chi connectivity index (χ2v) is 6.43. The van der Waals surface area contributed by atoms with Gasteiger partial charge in [0, 0.05) is 35.3 Å². The molecule has 2 rings (SSSR count). The van der Waals surface area contributed by atoms with Gasteiger partial charge in [-0.05, 0) is 38.0 Å². The number of anilines is 1. The summed E-state index contributed by atoms with van der Waals surface area (Å²) < 4.78 is 13.7. The number of thioether (sulfide) groups is 1. The number of carbonyl (C=O) groups is 1. The molecule has 1 heterocycles. The Hall–Kier alpha value is -1.03. The van der Waals surface area contributed by atoms with Gasteiger partial charge < -0.3 is 4.90 Å². The van der Waals surface area contributed by atoms with Crippen LogP contribution in [0.15, 0.2) is 12.1 Å². The minimum Gasteiger partial charge on any atom is -0.369 e. The number of halogens is 1. The normalized spacial score (nSPS) is 19.6. The van der Waals surface area contributed by atoms with Gasteiger partial charge in [0.2, 0.25) is 0 Å². The molecular weight excluding hydrogens is 261 g/mol. The van der Waals surface area contributed by atoms with Crippen molar-refractivity contribution in [1.82, 2.24) is 0 Å². The molecule has 1 aromatic rings. The van der Waals surface area contributed by atoms with Gasteiger partial charge in [0.05, 0.1) is 0 Å². The lowest BCUT2D eigenvalue weighted by Gasteiger charge is -2.34. The molecule has 0 spiro atoms. The standard InChI is InChI=1S/C15H20FNOS/c1-4-12-9-17(5-6-19-12)15-7-10(2)14(16)8-13(15)11(3)18/h7-8,12H,4-6,9H2,1-3H3. The second kappa shape index (κ2) is 5.95. The minimum absolute atomic E-state index is 0.0693. The van der Waals surface area contributed by atoms with Crippen LogP contribution in [0.2, 0.25) is 0 Å². The van der Waals surface area contributed by atoms with E-state index in [-0.39, 0.29) is 11.6 Å². The van der Waals surface area contributed by atoms with E-state index in [1.54, 1.807) is 6.92 Å². The number of hydrogen-bond donors (Lipinski definition) is 0. The predicted molar refractivity (Wildman–Crippen MR) is 79.9 cm³/mol. The zero-order valence-electron chi connectivity index (χ0n) is 11.7. The molecule has 1 atom stereocenters. The predicted octanol–water partition coefficient (Wildman–Crippen LogP) is 3.67. The third-order valence-corrected chi connectivity index (χ3v) is 4.96. The first-order chi connectivity index (χ1) is 9.02. The van der Waals surface area contributed by atoms with Crippen molar-refractivity contribution in [2.75, 3.05) is 23.7 Å². The maximum Gasteiger partial charge on any atom is 0.161 e. The van der Waals surface area contributed by atoms with Crippen LogP contribution in [0.1, 0.15) is 36.2 Å². The Bertz CT molecular complexity index is 489. The fraction of sp³-hybridized carbons (Fsp3) is 0.533. The molecule has 19 heavy (non-hydrogen) atoms. The van der Waals surface area contributed by atoms with Crippen molar-refractivity contribution in [2.45, 2.75) is 32.4 Å². The van der Waals surface area contributed by atoms with Gasteiger partial charge in [-0.2, -0.15) is 11.8 Å². The molecule has 104 valence electrons. The van der Waals surface area contributed by atoms with E-state index < -0.39 is 0 Å². The molecule has 0 radical (unpaired) electrons. The highest BCUT2D eigenvalue weighted by atomic mass is 32.2. The highest BCUT2D eigenvalue weighted by molar-refractivity contribution is 8.00. The first kappa shape index (κ1) is 14.4. The Balaban J connectivity index is 2.37. The van der Waals surface area contributed by atoms with E-state index >= 15 is 0 Å². The number of carbonyl (C=O) groups excluding carboxylic acids is 1. The zero-order chi connectivity index (χ0) is 14.0. The summed E-state index contributed by atoms with van der Waals surface area (Å²) in [5.41, 5.74) is 2.00. The van der Waals surface area contributed by atoms with Gasteiger partial charge in [-0.3, -0.25) is 4.79 Å². The van der Waals surface area contributed by atoms with Crippen LogP contribution in [-0.2, 0) is 0 Å². The first-order valence-corrected chi connectivity index (χ1v) is 7.75. The molecule has 1 fully saturated rings. The number of hydrogen-bond acceptors (Lipinski definition) is 3. The summed E-state index contributed by atoms with van der Waals surface area (Å²) in [6.45, 7) is 7.30. The molecule has 0 bridgehead atoms. The summed E-state index contributed by atoms with van der Waals surface area (Å²) in [5, 5.41) is 0.596. The summed E-state index contributed by atoms with van der Waals surface area (Å²) in [6, 6.07) is 3.20. The van der Waals surface area contributed by atoms with Crippen LogP contribution in [0.5, 0.6) is 0 Å². The van der Waals surface area contributed by atoms with Crippen LogP contribution < -0.4 is 4.90 Å². The third kappa shape index (κ3) is 3.11. The summed E-state index contributed by atoms with van der Waals surface area (Å²) in [7, 11) is 0. The Kier molecular flexibility index (Phi) is 4.50. The van der Waals surface area contributed by atoms with E-state index in [9.17, 15) is 9.18 Å². The van der Waals surface area contributed by atoms with Crippen molar-refractivity contribution < 1.29 is 9.18 Å². The lowest BCUT2D eigenvalue weighted by atomic mass is 10.0. The van der Waals surface area contributed by atoms with Crippen molar-refractivity contribution in [3.05, 3.63) is 29.1 Å². The van der Waals surface area contributed by atoms with Gasteiger partial charge in [-0.1, -0.05) is 6.92 Å². The van der Waals surface area contributed by atoms with Crippen molar-refractivity contribution in [3.63, 3.8) is 0 Å². The fourth-order valence-electron chi connectivity index (χ4n) is 2.40. The number of ketones is 1. The highest BCUT2D eigenvalue weighted by Gasteiger charge is 2.23. The largest absolute Gasteiger partial charge is 0.369 e. The van der Waals surface area contributed by atoms with Crippen molar-refractivity contribution >= 4 is 23.2 Å². The van der Waals surface area contributed by atoms with Gasteiger partial charge in [-0.25, -0.2) is 4.39 Å². The van der Waals surface area contributed by atoms with Crippen LogP contribution in [0, 0.1) is 12.7 Å². The zero-order valence-corrected chi connectivity index (χ0v) is 12.5. The average Bonchev–Trinajstić information content (AvgIpc) is 2.41. The Labute approximate surface area is 118 Å². The summed E-state index contributed by atoms with van der Waals surface area (Å²) in [5.74, 6) is 0.694. The Morgan fingerprint density at radius 1 is 1.53 bits per heavy atom. The SMILES string of the molecule is CCC1CN(c2cc(C)c(F)cc2C(C)=O)CCS1. The number of nitrogens with zero attached hydrogens (tertiary/aromatic N) is 1. The maximum absolute atomic E-state index is 13.7. The molecule has 1 aliphatic rings. The van der Waals surface area contributed by atoms with Gasteiger partial charge >= 0.3 is 0 Å². The summed E-state index contributed by atoms with van der Waals surface area (Å²) in [4.78, 5) is 14.0. The van der Waals surface area contributed by atoms with E-state index in [0.717, 1.165) is 31.0 Å². The number of rotatable bonds is 3. The molecule has 0 saturated carbocycles. The monoisotopic (exact) mass is 281 g/mol. The second-order valence-electron chi connectivity index (χ2n) is 5.02. The molecule has 2 nitrogen and oxygen atoms in total. The fourth-order valence-corrected chi connectivity index (χ4v) is 3.58. The van der Waals surface area contributed by atoms with Crippen molar-refractivity contribution in [2.24, 2.45) is 0 Å². The van der Waals surface area contributed by atoms with Crippen LogP contribution in [0.3, 0.4) is 0 Å². The van der Waals surface area contributed by atoms with Crippen LogP contribution in [0.4, 0.5) is 10.1 Å². The molecule has 1 unspecified atom stereocenters. The lowest BCUT2D eigenvalue weighted by Crippen LogP contribution is -2.38. The number of benzene rings is 1. The van der Waals surface area contributed by atoms with E-state index in [1.807, 2.05) is 17.8 Å².